The Labute approximate surface area is 109 Å². The summed E-state index contributed by atoms with van der Waals surface area (Å²) in [5.74, 6) is 0.722. The van der Waals surface area contributed by atoms with E-state index in [1.807, 2.05) is 46.1 Å². The Morgan fingerprint density at radius 3 is 2.47 bits per heavy atom. The molecule has 0 fully saturated rings. The first kappa shape index (κ1) is 14.3. The number of likely N-dealkylation sites (N-methyl/N-ethyl adjacent to an activating group) is 1. The average molecular weight is 257 g/mol. The number of rotatable bonds is 5. The van der Waals surface area contributed by atoms with Crippen molar-refractivity contribution < 1.29 is 4.74 Å². The molecule has 4 heteroatoms. The first-order valence-electron chi connectivity index (χ1n) is 5.81. The van der Waals surface area contributed by atoms with Gasteiger partial charge in [0.1, 0.15) is 5.75 Å². The van der Waals surface area contributed by atoms with E-state index < -0.39 is 0 Å². The zero-order valence-corrected chi connectivity index (χ0v) is 11.7. The van der Waals surface area contributed by atoms with E-state index in [-0.39, 0.29) is 12.1 Å². The predicted molar refractivity (Wildman–Crippen MR) is 72.7 cm³/mol. The molecule has 0 bridgehead atoms. The van der Waals surface area contributed by atoms with E-state index in [4.69, 9.17) is 22.1 Å². The second-order valence-corrected chi connectivity index (χ2v) is 4.80. The monoisotopic (exact) mass is 256 g/mol. The zero-order chi connectivity index (χ0) is 13.0. The summed E-state index contributed by atoms with van der Waals surface area (Å²) in [6, 6.07) is 6.05. The Balaban J connectivity index is 3.02. The number of ether oxygens (including phenoxy) is 1. The molecule has 0 radical (unpaired) electrons. The van der Waals surface area contributed by atoms with Crippen molar-refractivity contribution in [2.45, 2.75) is 25.9 Å². The average Bonchev–Trinajstić information content (AvgIpc) is 2.21. The third kappa shape index (κ3) is 3.60. The minimum Gasteiger partial charge on any atom is -0.492 e. The van der Waals surface area contributed by atoms with Gasteiger partial charge < -0.3 is 15.4 Å². The lowest BCUT2D eigenvalue weighted by Crippen LogP contribution is -2.35. The van der Waals surface area contributed by atoms with E-state index in [0.29, 0.717) is 11.6 Å². The molecule has 17 heavy (non-hydrogen) atoms. The molecule has 2 N–H and O–H groups in total. The van der Waals surface area contributed by atoms with E-state index in [2.05, 4.69) is 4.90 Å². The lowest BCUT2D eigenvalue weighted by molar-refractivity contribution is 0.266. The molecular weight excluding hydrogens is 236 g/mol. The second-order valence-electron chi connectivity index (χ2n) is 4.39. The summed E-state index contributed by atoms with van der Waals surface area (Å²) < 4.78 is 5.42. The number of hydrogen-bond acceptors (Lipinski definition) is 3. The van der Waals surface area contributed by atoms with Crippen molar-refractivity contribution in [3.63, 3.8) is 0 Å². The normalized spacial score (nSPS) is 14.8. The number of hydrogen-bond donors (Lipinski definition) is 1. The van der Waals surface area contributed by atoms with Crippen LogP contribution in [0.3, 0.4) is 0 Å². The van der Waals surface area contributed by atoms with Gasteiger partial charge in [-0.25, -0.2) is 0 Å². The third-order valence-electron chi connectivity index (χ3n) is 2.65. The molecule has 0 amide bonds. The van der Waals surface area contributed by atoms with Gasteiger partial charge in [0.15, 0.2) is 0 Å². The lowest BCUT2D eigenvalue weighted by Gasteiger charge is -2.28. The van der Waals surface area contributed by atoms with Gasteiger partial charge in [-0.05, 0) is 45.6 Å². The summed E-state index contributed by atoms with van der Waals surface area (Å²) >= 11 is 6.18. The van der Waals surface area contributed by atoms with E-state index in [9.17, 15) is 0 Å². The molecule has 1 rings (SSSR count). The highest BCUT2D eigenvalue weighted by Crippen LogP contribution is 2.30. The van der Waals surface area contributed by atoms with Gasteiger partial charge in [-0.3, -0.25) is 0 Å². The van der Waals surface area contributed by atoms with E-state index in [1.165, 1.54) is 0 Å². The fraction of sp³-hybridized carbons (Fsp3) is 0.538. The van der Waals surface area contributed by atoms with Gasteiger partial charge in [0.2, 0.25) is 0 Å². The van der Waals surface area contributed by atoms with Gasteiger partial charge in [-0.2, -0.15) is 0 Å². The highest BCUT2D eigenvalue weighted by Gasteiger charge is 2.19. The SMILES string of the molecule is CCOc1ccc(C(C(C)N)N(C)C)cc1Cl. The quantitative estimate of drug-likeness (QED) is 0.880. The van der Waals surface area contributed by atoms with Crippen LogP contribution in [0.25, 0.3) is 0 Å². The third-order valence-corrected chi connectivity index (χ3v) is 2.95. The Bertz CT molecular complexity index is 358. The zero-order valence-electron chi connectivity index (χ0n) is 10.9. The molecule has 0 spiro atoms. The molecule has 1 aromatic rings. The highest BCUT2D eigenvalue weighted by atomic mass is 35.5. The molecule has 0 saturated heterocycles. The van der Waals surface area contributed by atoms with Gasteiger partial charge in [0, 0.05) is 12.1 Å². The Hall–Kier alpha value is -0.770. The maximum absolute atomic E-state index is 6.18. The summed E-state index contributed by atoms with van der Waals surface area (Å²) in [6.45, 7) is 4.55. The molecule has 0 aliphatic rings. The Morgan fingerprint density at radius 1 is 1.41 bits per heavy atom. The standard InChI is InChI=1S/C13H21ClN2O/c1-5-17-12-7-6-10(8-11(12)14)13(9(2)15)16(3)4/h6-9,13H,5,15H2,1-4H3. The van der Waals surface area contributed by atoms with E-state index in [0.717, 1.165) is 11.3 Å². The van der Waals surface area contributed by atoms with Crippen LogP contribution < -0.4 is 10.5 Å². The van der Waals surface area contributed by atoms with Crippen molar-refractivity contribution in [3.05, 3.63) is 28.8 Å². The summed E-state index contributed by atoms with van der Waals surface area (Å²) in [7, 11) is 4.02. The summed E-state index contributed by atoms with van der Waals surface area (Å²) in [5.41, 5.74) is 7.11. The summed E-state index contributed by atoms with van der Waals surface area (Å²) in [6.07, 6.45) is 0. The minimum absolute atomic E-state index is 0.0408. The largest absolute Gasteiger partial charge is 0.492 e. The molecule has 0 aliphatic carbocycles. The van der Waals surface area contributed by atoms with E-state index in [1.54, 1.807) is 0 Å². The maximum Gasteiger partial charge on any atom is 0.137 e. The number of benzene rings is 1. The van der Waals surface area contributed by atoms with Crippen LogP contribution in [0.2, 0.25) is 5.02 Å². The molecule has 2 atom stereocenters. The number of nitrogens with two attached hydrogens (primary N) is 1. The predicted octanol–water partition coefficient (Wildman–Crippen LogP) is 2.69. The Morgan fingerprint density at radius 2 is 2.06 bits per heavy atom. The Kier molecular flexibility index (Phi) is 5.25. The maximum atomic E-state index is 6.18. The first-order chi connectivity index (χ1) is 7.97. The van der Waals surface area contributed by atoms with Crippen LogP contribution in [0.1, 0.15) is 25.5 Å². The topological polar surface area (TPSA) is 38.5 Å². The van der Waals surface area contributed by atoms with Crippen molar-refractivity contribution in [1.82, 2.24) is 4.90 Å². The van der Waals surface area contributed by atoms with E-state index >= 15 is 0 Å². The van der Waals surface area contributed by atoms with Crippen molar-refractivity contribution in [3.8, 4) is 5.75 Å². The molecule has 1 aromatic carbocycles. The molecule has 3 nitrogen and oxygen atoms in total. The van der Waals surface area contributed by atoms with Crippen LogP contribution in [0, 0.1) is 0 Å². The smallest absolute Gasteiger partial charge is 0.137 e. The molecule has 0 aromatic heterocycles. The molecule has 96 valence electrons. The number of halogens is 1. The fourth-order valence-electron chi connectivity index (χ4n) is 2.05. The first-order valence-corrected chi connectivity index (χ1v) is 6.19. The molecular formula is C13H21ClN2O. The molecule has 0 saturated carbocycles. The molecule has 2 unspecified atom stereocenters. The van der Waals surface area contributed by atoms with Gasteiger partial charge in [0.25, 0.3) is 0 Å². The van der Waals surface area contributed by atoms with Crippen LogP contribution in [0.15, 0.2) is 18.2 Å². The van der Waals surface area contributed by atoms with Crippen molar-refractivity contribution >= 4 is 11.6 Å². The van der Waals surface area contributed by atoms with Gasteiger partial charge >= 0.3 is 0 Å². The van der Waals surface area contributed by atoms with Gasteiger partial charge in [-0.15, -0.1) is 0 Å². The minimum atomic E-state index is 0.0408. The highest BCUT2D eigenvalue weighted by molar-refractivity contribution is 6.32. The van der Waals surface area contributed by atoms with Crippen LogP contribution in [-0.4, -0.2) is 31.6 Å². The molecule has 0 aliphatic heterocycles. The van der Waals surface area contributed by atoms with Crippen molar-refractivity contribution in [2.24, 2.45) is 5.73 Å². The number of nitrogens with zero attached hydrogens (tertiary/aromatic N) is 1. The van der Waals surface area contributed by atoms with Crippen molar-refractivity contribution in [1.29, 1.82) is 0 Å². The lowest BCUT2D eigenvalue weighted by atomic mass is 10.00. The van der Waals surface area contributed by atoms with Gasteiger partial charge in [0.05, 0.1) is 11.6 Å². The second kappa shape index (κ2) is 6.24. The fourth-order valence-corrected chi connectivity index (χ4v) is 2.29. The van der Waals surface area contributed by atoms with Crippen LogP contribution in [0.4, 0.5) is 0 Å². The van der Waals surface area contributed by atoms with Crippen LogP contribution >= 0.6 is 11.6 Å². The summed E-state index contributed by atoms with van der Waals surface area (Å²) in [5, 5.41) is 0.636. The van der Waals surface area contributed by atoms with Crippen molar-refractivity contribution in [2.75, 3.05) is 20.7 Å². The van der Waals surface area contributed by atoms with Crippen LogP contribution in [0.5, 0.6) is 5.75 Å². The van der Waals surface area contributed by atoms with Gasteiger partial charge in [-0.1, -0.05) is 17.7 Å². The molecule has 0 heterocycles. The summed E-state index contributed by atoms with van der Waals surface area (Å²) in [4.78, 5) is 2.09. The van der Waals surface area contributed by atoms with Crippen LogP contribution in [-0.2, 0) is 0 Å².